The van der Waals surface area contributed by atoms with E-state index in [4.69, 9.17) is 9.47 Å². The van der Waals surface area contributed by atoms with Gasteiger partial charge in [0.2, 0.25) is 11.8 Å². The second-order valence-corrected chi connectivity index (χ2v) is 12.2. The number of hydrogen-bond donors (Lipinski definition) is 2. The van der Waals surface area contributed by atoms with Gasteiger partial charge in [-0.15, -0.1) is 0 Å². The molecule has 2 aliphatic rings. The molecule has 2 rings (SSSR count). The quantitative estimate of drug-likeness (QED) is 0.546. The van der Waals surface area contributed by atoms with Crippen molar-refractivity contribution in [3.05, 3.63) is 0 Å². The van der Waals surface area contributed by atoms with Crippen molar-refractivity contribution in [3.8, 4) is 0 Å². The minimum Gasteiger partial charge on any atom is -0.467 e. The highest BCUT2D eigenvalue weighted by Crippen LogP contribution is 2.30. The maximum Gasteiger partial charge on any atom is 0.408 e. The van der Waals surface area contributed by atoms with Crippen LogP contribution in [0, 0.1) is 17.3 Å². The molecule has 9 heteroatoms. The molecular weight excluding hydrogens is 450 g/mol. The van der Waals surface area contributed by atoms with Crippen LogP contribution >= 0.6 is 0 Å². The van der Waals surface area contributed by atoms with Gasteiger partial charge in [-0.3, -0.25) is 9.59 Å². The Kier molecular flexibility index (Phi) is 9.59. The standard InChI is InChI=1S/C26H45N3O6/c1-16-14-18(23(32)34-8)29(15-16)22(31)20(25(2,3)4)28-21(30)19(17-12-10-9-11-13-17)27-24(33)35-26(5,6)7/h16-20H,9-15H2,1-8H3,(H,27,33)(H,28,30)/t16-,18+,19+,20-/m1/s1. The Balaban J connectivity index is 2.27. The van der Waals surface area contributed by atoms with E-state index in [2.05, 4.69) is 10.6 Å². The highest BCUT2D eigenvalue weighted by Gasteiger charge is 2.45. The van der Waals surface area contributed by atoms with E-state index in [-0.39, 0.29) is 17.7 Å². The zero-order valence-corrected chi connectivity index (χ0v) is 22.7. The molecule has 1 aliphatic heterocycles. The number of alkyl carbamates (subject to hydrolysis) is 1. The van der Waals surface area contributed by atoms with Crippen molar-refractivity contribution in [2.24, 2.45) is 17.3 Å². The summed E-state index contributed by atoms with van der Waals surface area (Å²) in [5.74, 6) is -1.07. The number of carbonyl (C=O) groups excluding carboxylic acids is 4. The molecule has 1 saturated heterocycles. The van der Waals surface area contributed by atoms with E-state index in [0.29, 0.717) is 13.0 Å². The largest absolute Gasteiger partial charge is 0.467 e. The summed E-state index contributed by atoms with van der Waals surface area (Å²) in [5.41, 5.74) is -1.32. The summed E-state index contributed by atoms with van der Waals surface area (Å²) in [7, 11) is 1.31. The molecule has 1 saturated carbocycles. The SMILES string of the molecule is COC(=O)[C@@H]1C[C@@H](C)CN1C(=O)[C@@H](NC(=O)[C@@H](NC(=O)OC(C)(C)C)C1CCCCC1)C(C)(C)C. The van der Waals surface area contributed by atoms with Crippen molar-refractivity contribution in [1.82, 2.24) is 15.5 Å². The van der Waals surface area contributed by atoms with E-state index in [1.54, 1.807) is 20.8 Å². The first-order chi connectivity index (χ1) is 16.1. The Morgan fingerprint density at radius 3 is 2.06 bits per heavy atom. The summed E-state index contributed by atoms with van der Waals surface area (Å²) in [6.07, 6.45) is 4.57. The molecule has 0 radical (unpaired) electrons. The van der Waals surface area contributed by atoms with Crippen LogP contribution in [0.3, 0.4) is 0 Å². The van der Waals surface area contributed by atoms with Gasteiger partial charge in [0.1, 0.15) is 23.7 Å². The molecule has 1 heterocycles. The van der Waals surface area contributed by atoms with Gasteiger partial charge in [-0.1, -0.05) is 47.0 Å². The smallest absolute Gasteiger partial charge is 0.408 e. The summed E-state index contributed by atoms with van der Waals surface area (Å²) >= 11 is 0. The average Bonchev–Trinajstić information content (AvgIpc) is 3.15. The Labute approximate surface area is 210 Å². The first-order valence-corrected chi connectivity index (χ1v) is 12.8. The summed E-state index contributed by atoms with van der Waals surface area (Å²) in [5, 5.41) is 5.72. The molecule has 0 spiro atoms. The van der Waals surface area contributed by atoms with Gasteiger partial charge in [-0.2, -0.15) is 0 Å². The Morgan fingerprint density at radius 2 is 1.54 bits per heavy atom. The van der Waals surface area contributed by atoms with Gasteiger partial charge in [-0.05, 0) is 57.3 Å². The first kappa shape index (κ1) is 28.9. The van der Waals surface area contributed by atoms with Crippen LogP contribution in [0.5, 0.6) is 0 Å². The topological polar surface area (TPSA) is 114 Å². The van der Waals surface area contributed by atoms with Crippen molar-refractivity contribution < 1.29 is 28.7 Å². The predicted molar refractivity (Wildman–Crippen MR) is 132 cm³/mol. The average molecular weight is 496 g/mol. The second kappa shape index (κ2) is 11.6. The van der Waals surface area contributed by atoms with Crippen LogP contribution < -0.4 is 10.6 Å². The number of amides is 3. The fourth-order valence-electron chi connectivity index (χ4n) is 5.00. The van der Waals surface area contributed by atoms with Crippen LogP contribution in [0.4, 0.5) is 4.79 Å². The molecule has 1 aliphatic carbocycles. The van der Waals surface area contributed by atoms with E-state index >= 15 is 0 Å². The van der Waals surface area contributed by atoms with E-state index in [9.17, 15) is 19.2 Å². The fraction of sp³-hybridized carbons (Fsp3) is 0.846. The van der Waals surface area contributed by atoms with Crippen molar-refractivity contribution in [2.75, 3.05) is 13.7 Å². The van der Waals surface area contributed by atoms with Crippen LogP contribution in [-0.2, 0) is 23.9 Å². The lowest BCUT2D eigenvalue weighted by atomic mass is 9.82. The number of rotatable bonds is 6. The molecule has 0 aromatic rings. The molecule has 9 nitrogen and oxygen atoms in total. The molecule has 0 unspecified atom stereocenters. The number of esters is 1. The van der Waals surface area contributed by atoms with Gasteiger partial charge >= 0.3 is 12.1 Å². The van der Waals surface area contributed by atoms with Crippen LogP contribution in [-0.4, -0.2) is 66.2 Å². The van der Waals surface area contributed by atoms with Gasteiger partial charge in [0.25, 0.3) is 0 Å². The predicted octanol–water partition coefficient (Wildman–Crippen LogP) is 3.40. The molecule has 4 atom stereocenters. The van der Waals surface area contributed by atoms with E-state index in [1.807, 2.05) is 27.7 Å². The van der Waals surface area contributed by atoms with Gasteiger partial charge in [-0.25, -0.2) is 9.59 Å². The molecule has 0 aromatic heterocycles. The van der Waals surface area contributed by atoms with Crippen molar-refractivity contribution >= 4 is 23.9 Å². The summed E-state index contributed by atoms with van der Waals surface area (Å²) in [6, 6.07) is -2.35. The van der Waals surface area contributed by atoms with Gasteiger partial charge < -0.3 is 25.0 Å². The number of carbonyl (C=O) groups is 4. The summed E-state index contributed by atoms with van der Waals surface area (Å²) < 4.78 is 10.3. The molecule has 2 N–H and O–H groups in total. The molecule has 0 aromatic carbocycles. The lowest BCUT2D eigenvalue weighted by Crippen LogP contribution is -2.61. The molecule has 0 bridgehead atoms. The van der Waals surface area contributed by atoms with E-state index in [0.717, 1.165) is 32.1 Å². The number of likely N-dealkylation sites (tertiary alicyclic amines) is 1. The highest BCUT2D eigenvalue weighted by molar-refractivity contribution is 5.94. The third-order valence-electron chi connectivity index (χ3n) is 6.74. The first-order valence-electron chi connectivity index (χ1n) is 12.8. The molecule has 200 valence electrons. The molecule has 3 amide bonds. The van der Waals surface area contributed by atoms with Gasteiger partial charge in [0.15, 0.2) is 0 Å². The fourth-order valence-corrected chi connectivity index (χ4v) is 5.00. The number of ether oxygens (including phenoxy) is 2. The maximum absolute atomic E-state index is 13.7. The Morgan fingerprint density at radius 1 is 0.943 bits per heavy atom. The van der Waals surface area contributed by atoms with Crippen LogP contribution in [0.2, 0.25) is 0 Å². The lowest BCUT2D eigenvalue weighted by Gasteiger charge is -2.37. The minimum atomic E-state index is -0.876. The molecular formula is C26H45N3O6. The van der Waals surface area contributed by atoms with Crippen molar-refractivity contribution in [2.45, 2.75) is 111 Å². The highest BCUT2D eigenvalue weighted by atomic mass is 16.6. The number of nitrogens with zero attached hydrogens (tertiary/aromatic N) is 1. The normalized spacial score (nSPS) is 23.3. The third-order valence-corrected chi connectivity index (χ3v) is 6.74. The number of hydrogen-bond acceptors (Lipinski definition) is 6. The van der Waals surface area contributed by atoms with Crippen molar-refractivity contribution in [1.29, 1.82) is 0 Å². The van der Waals surface area contributed by atoms with Gasteiger partial charge in [0, 0.05) is 6.54 Å². The Bertz CT molecular complexity index is 779. The minimum absolute atomic E-state index is 0.0402. The van der Waals surface area contributed by atoms with E-state index in [1.165, 1.54) is 12.0 Å². The Hall–Kier alpha value is -2.32. The second-order valence-electron chi connectivity index (χ2n) is 12.2. The zero-order valence-electron chi connectivity index (χ0n) is 22.7. The molecule has 2 fully saturated rings. The monoisotopic (exact) mass is 495 g/mol. The van der Waals surface area contributed by atoms with Crippen molar-refractivity contribution in [3.63, 3.8) is 0 Å². The van der Waals surface area contributed by atoms with Crippen LogP contribution in [0.1, 0.15) is 87.0 Å². The van der Waals surface area contributed by atoms with E-state index < -0.39 is 47.1 Å². The van der Waals surface area contributed by atoms with Crippen LogP contribution in [0.15, 0.2) is 0 Å². The van der Waals surface area contributed by atoms with Crippen LogP contribution in [0.25, 0.3) is 0 Å². The summed E-state index contributed by atoms with van der Waals surface area (Å²) in [6.45, 7) is 13.3. The zero-order chi connectivity index (χ0) is 26.6. The van der Waals surface area contributed by atoms with Gasteiger partial charge in [0.05, 0.1) is 7.11 Å². The lowest BCUT2D eigenvalue weighted by molar-refractivity contribution is -0.153. The number of nitrogens with one attached hydrogen (secondary N) is 2. The number of methoxy groups -OCH3 is 1. The maximum atomic E-state index is 13.7. The molecule has 35 heavy (non-hydrogen) atoms. The third kappa shape index (κ3) is 8.10. The summed E-state index contributed by atoms with van der Waals surface area (Å²) in [4.78, 5) is 53.8.